The number of hydrogen-bond acceptors (Lipinski definition) is 6. The third-order valence-electron chi connectivity index (χ3n) is 4.67. The van der Waals surface area contributed by atoms with Gasteiger partial charge in [0.1, 0.15) is 5.82 Å². The van der Waals surface area contributed by atoms with Gasteiger partial charge in [-0.05, 0) is 31.0 Å². The number of benzene rings is 1. The molecule has 2 fully saturated rings. The Labute approximate surface area is 176 Å². The zero-order valence-corrected chi connectivity index (χ0v) is 16.7. The average molecular weight is 437 g/mol. The van der Waals surface area contributed by atoms with Crippen LogP contribution in [0, 0.1) is 5.92 Å². The van der Waals surface area contributed by atoms with Gasteiger partial charge in [-0.15, -0.1) is 0 Å². The maximum absolute atomic E-state index is 12.7. The number of anilines is 3. The molecule has 8 nitrogen and oxygen atoms in total. The fourth-order valence-corrected chi connectivity index (χ4v) is 3.65. The normalized spacial score (nSPS) is 18.6. The Hall–Kier alpha value is -2.39. The Kier molecular flexibility index (Phi) is 5.60. The van der Waals surface area contributed by atoms with Crippen molar-refractivity contribution in [3.8, 4) is 0 Å². The number of hydrogen-bond donors (Lipinski definition) is 3. The van der Waals surface area contributed by atoms with E-state index in [0.29, 0.717) is 30.3 Å². The van der Waals surface area contributed by atoms with Gasteiger partial charge in [0.15, 0.2) is 0 Å². The maximum atomic E-state index is 12.7. The van der Waals surface area contributed by atoms with Crippen LogP contribution in [0.1, 0.15) is 23.2 Å². The predicted molar refractivity (Wildman–Crippen MR) is 109 cm³/mol. The van der Waals surface area contributed by atoms with Gasteiger partial charge >= 0.3 is 0 Å². The van der Waals surface area contributed by atoms with E-state index >= 15 is 0 Å². The standard InChI is InChI=1S/C19H18Cl2N4O4/c20-13-8-12(25-5-6-29-19(25)28)9-14(21)16(13)18(27)23-11-3-4-22-15(7-11)24-17(26)10-1-2-10/h3-4,7-10,19,28H,1-2,5-6H2,(H2,22,23,24,26,27). The molecule has 4 rings (SSSR count). The van der Waals surface area contributed by atoms with Crippen molar-refractivity contribution in [2.75, 3.05) is 28.7 Å². The van der Waals surface area contributed by atoms with Crippen molar-refractivity contribution in [3.63, 3.8) is 0 Å². The molecule has 3 N–H and O–H groups in total. The second-order valence-corrected chi connectivity index (χ2v) is 7.64. The molecule has 2 aromatic rings. The number of aliphatic hydroxyl groups excluding tert-OH is 1. The summed E-state index contributed by atoms with van der Waals surface area (Å²) in [6, 6.07) is 6.26. The number of amides is 2. The lowest BCUT2D eigenvalue weighted by Crippen LogP contribution is -2.29. The number of aromatic nitrogens is 1. The van der Waals surface area contributed by atoms with Crippen molar-refractivity contribution in [1.82, 2.24) is 4.98 Å². The first-order valence-corrected chi connectivity index (χ1v) is 9.81. The Morgan fingerprint density at radius 1 is 1.17 bits per heavy atom. The van der Waals surface area contributed by atoms with E-state index in [9.17, 15) is 14.7 Å². The molecule has 152 valence electrons. The first-order chi connectivity index (χ1) is 13.9. The minimum atomic E-state index is -1.08. The van der Waals surface area contributed by atoms with E-state index in [2.05, 4.69) is 15.6 Å². The van der Waals surface area contributed by atoms with Crippen molar-refractivity contribution in [3.05, 3.63) is 46.1 Å². The fourth-order valence-electron chi connectivity index (χ4n) is 3.00. The van der Waals surface area contributed by atoms with Gasteiger partial charge in [-0.1, -0.05) is 23.2 Å². The number of rotatable bonds is 5. The summed E-state index contributed by atoms with van der Waals surface area (Å²) in [5.41, 5.74) is 1.10. The molecule has 0 spiro atoms. The van der Waals surface area contributed by atoms with Crippen molar-refractivity contribution in [2.24, 2.45) is 5.92 Å². The van der Waals surface area contributed by atoms with E-state index in [4.69, 9.17) is 27.9 Å². The Morgan fingerprint density at radius 3 is 2.52 bits per heavy atom. The molecule has 1 atom stereocenters. The van der Waals surface area contributed by atoms with Crippen LogP contribution >= 0.6 is 23.2 Å². The molecule has 1 unspecified atom stereocenters. The zero-order chi connectivity index (χ0) is 20.5. The summed E-state index contributed by atoms with van der Waals surface area (Å²) in [6.07, 6.45) is 2.17. The summed E-state index contributed by atoms with van der Waals surface area (Å²) < 4.78 is 5.09. The molecule has 2 aliphatic rings. The highest BCUT2D eigenvalue weighted by atomic mass is 35.5. The van der Waals surface area contributed by atoms with Gasteiger partial charge in [0.05, 0.1) is 22.2 Å². The van der Waals surface area contributed by atoms with Crippen molar-refractivity contribution < 1.29 is 19.4 Å². The molecule has 10 heteroatoms. The summed E-state index contributed by atoms with van der Waals surface area (Å²) in [4.78, 5) is 30.3. The monoisotopic (exact) mass is 436 g/mol. The molecule has 29 heavy (non-hydrogen) atoms. The van der Waals surface area contributed by atoms with Crippen LogP contribution in [0.15, 0.2) is 30.5 Å². The van der Waals surface area contributed by atoms with Crippen LogP contribution in [-0.2, 0) is 9.53 Å². The van der Waals surface area contributed by atoms with E-state index in [0.717, 1.165) is 12.8 Å². The zero-order valence-electron chi connectivity index (χ0n) is 15.2. The van der Waals surface area contributed by atoms with Gasteiger partial charge < -0.3 is 25.4 Å². The summed E-state index contributed by atoms with van der Waals surface area (Å²) in [5.74, 6) is -0.174. The fraction of sp³-hybridized carbons (Fsp3) is 0.316. The van der Waals surface area contributed by atoms with Gasteiger partial charge in [0, 0.05) is 36.1 Å². The molecule has 1 aliphatic carbocycles. The lowest BCUT2D eigenvalue weighted by atomic mass is 10.1. The molecule has 0 radical (unpaired) electrons. The molecule has 1 saturated carbocycles. The topological polar surface area (TPSA) is 104 Å². The Morgan fingerprint density at radius 2 is 1.90 bits per heavy atom. The van der Waals surface area contributed by atoms with E-state index < -0.39 is 12.3 Å². The molecule has 0 bridgehead atoms. The van der Waals surface area contributed by atoms with E-state index in [1.165, 1.54) is 6.20 Å². The number of halogens is 2. The van der Waals surface area contributed by atoms with Crippen molar-refractivity contribution in [2.45, 2.75) is 19.3 Å². The van der Waals surface area contributed by atoms with Crippen LogP contribution in [-0.4, -0.2) is 41.5 Å². The molecule has 1 aromatic carbocycles. The van der Waals surface area contributed by atoms with E-state index in [1.807, 2.05) is 0 Å². The highest BCUT2D eigenvalue weighted by Crippen LogP contribution is 2.33. The highest BCUT2D eigenvalue weighted by molar-refractivity contribution is 6.40. The van der Waals surface area contributed by atoms with Gasteiger partial charge in [0.2, 0.25) is 12.3 Å². The quantitative estimate of drug-likeness (QED) is 0.664. The Bertz CT molecular complexity index is 944. The first-order valence-electron chi connectivity index (χ1n) is 9.06. The second kappa shape index (κ2) is 8.16. The van der Waals surface area contributed by atoms with Crippen LogP contribution in [0.3, 0.4) is 0 Å². The largest absolute Gasteiger partial charge is 0.351 e. The minimum absolute atomic E-state index is 0.0469. The number of carbonyl (C=O) groups is 2. The number of carbonyl (C=O) groups excluding carboxylic acids is 2. The van der Waals surface area contributed by atoms with Crippen LogP contribution < -0.4 is 15.5 Å². The summed E-state index contributed by atoms with van der Waals surface area (Å²) in [5, 5.41) is 15.5. The van der Waals surface area contributed by atoms with Crippen LogP contribution in [0.2, 0.25) is 10.0 Å². The molecule has 1 aliphatic heterocycles. The number of aliphatic hydroxyl groups is 1. The smallest absolute Gasteiger partial charge is 0.258 e. The number of nitrogens with zero attached hydrogens (tertiary/aromatic N) is 2. The van der Waals surface area contributed by atoms with Crippen LogP contribution in [0.5, 0.6) is 0 Å². The lowest BCUT2D eigenvalue weighted by molar-refractivity contribution is -0.117. The first kappa shape index (κ1) is 19.9. The number of nitrogens with one attached hydrogen (secondary N) is 2. The van der Waals surface area contributed by atoms with Gasteiger partial charge in [-0.25, -0.2) is 4.98 Å². The number of pyridine rings is 1. The van der Waals surface area contributed by atoms with E-state index in [-0.39, 0.29) is 27.4 Å². The SMILES string of the molecule is O=C(Nc1ccnc(NC(=O)C2CC2)c1)c1c(Cl)cc(N2CCOC2O)cc1Cl. The molecular formula is C19H18Cl2N4O4. The lowest BCUT2D eigenvalue weighted by Gasteiger charge is -2.21. The molecule has 1 saturated heterocycles. The van der Waals surface area contributed by atoms with Crippen LogP contribution in [0.25, 0.3) is 0 Å². The Balaban J connectivity index is 1.50. The summed E-state index contributed by atoms with van der Waals surface area (Å²) in [6.45, 7) is 0.853. The minimum Gasteiger partial charge on any atom is -0.351 e. The highest BCUT2D eigenvalue weighted by Gasteiger charge is 2.30. The molecule has 1 aromatic heterocycles. The van der Waals surface area contributed by atoms with Gasteiger partial charge in [0.25, 0.3) is 5.91 Å². The van der Waals surface area contributed by atoms with Crippen LogP contribution in [0.4, 0.5) is 17.2 Å². The van der Waals surface area contributed by atoms with E-state index in [1.54, 1.807) is 29.2 Å². The average Bonchev–Trinajstić information content (AvgIpc) is 3.43. The third-order valence-corrected chi connectivity index (χ3v) is 5.26. The third kappa shape index (κ3) is 4.45. The summed E-state index contributed by atoms with van der Waals surface area (Å²) >= 11 is 12.6. The number of ether oxygens (including phenoxy) is 1. The molecule has 2 heterocycles. The van der Waals surface area contributed by atoms with Crippen molar-refractivity contribution >= 4 is 52.2 Å². The predicted octanol–water partition coefficient (Wildman–Crippen LogP) is 3.10. The second-order valence-electron chi connectivity index (χ2n) is 6.82. The van der Waals surface area contributed by atoms with Gasteiger partial charge in [-0.2, -0.15) is 0 Å². The molecular weight excluding hydrogens is 419 g/mol. The van der Waals surface area contributed by atoms with Crippen molar-refractivity contribution in [1.29, 1.82) is 0 Å². The maximum Gasteiger partial charge on any atom is 0.258 e. The summed E-state index contributed by atoms with van der Waals surface area (Å²) in [7, 11) is 0. The molecule has 2 amide bonds. The van der Waals surface area contributed by atoms with Gasteiger partial charge in [-0.3, -0.25) is 9.59 Å².